The van der Waals surface area contributed by atoms with Crippen LogP contribution in [0.1, 0.15) is 0 Å². The van der Waals surface area contributed by atoms with Crippen LogP contribution in [-0.4, -0.2) is 29.0 Å². The summed E-state index contributed by atoms with van der Waals surface area (Å²) in [6, 6.07) is 9.15. The fourth-order valence-electron chi connectivity index (χ4n) is 1.48. The monoisotopic (exact) mass is 218 g/mol. The van der Waals surface area contributed by atoms with Gasteiger partial charge in [0.15, 0.2) is 0 Å². The lowest BCUT2D eigenvalue weighted by Gasteiger charge is -2.12. The van der Waals surface area contributed by atoms with Crippen LogP contribution in [0.2, 0.25) is 0 Å². The van der Waals surface area contributed by atoms with E-state index in [0.29, 0.717) is 5.82 Å². The van der Waals surface area contributed by atoms with Crippen molar-refractivity contribution < 1.29 is 5.11 Å². The molecule has 1 aromatic heterocycles. The molecule has 0 aliphatic carbocycles. The number of aromatic hydroxyl groups is 1. The number of hydrogen-bond donors (Lipinski definition) is 2. The molecular weight excluding hydrogens is 204 g/mol. The van der Waals surface area contributed by atoms with Crippen LogP contribution in [0.25, 0.3) is 5.69 Å². The first kappa shape index (κ1) is 10.4. The van der Waals surface area contributed by atoms with E-state index in [4.69, 9.17) is 5.73 Å². The van der Waals surface area contributed by atoms with Gasteiger partial charge in [-0.3, -0.25) is 0 Å². The Balaban J connectivity index is 2.38. The zero-order valence-corrected chi connectivity index (χ0v) is 9.25. The number of nitrogens with two attached hydrogens (primary N) is 1. The molecule has 2 rings (SSSR count). The maximum Gasteiger partial charge on any atom is 0.232 e. The molecule has 5 nitrogen and oxygen atoms in total. The van der Waals surface area contributed by atoms with Gasteiger partial charge < -0.3 is 15.7 Å². The van der Waals surface area contributed by atoms with Crippen molar-refractivity contribution in [2.45, 2.75) is 0 Å². The fourth-order valence-corrected chi connectivity index (χ4v) is 1.48. The summed E-state index contributed by atoms with van der Waals surface area (Å²) < 4.78 is 1.49. The molecule has 5 heteroatoms. The molecule has 2 aromatic rings. The molecule has 0 aliphatic rings. The molecule has 1 aromatic carbocycles. The summed E-state index contributed by atoms with van der Waals surface area (Å²) in [5, 5.41) is 13.1. The molecular formula is C11H14N4O. The Morgan fingerprint density at radius 2 is 1.88 bits per heavy atom. The Morgan fingerprint density at radius 3 is 2.31 bits per heavy atom. The molecule has 1 heterocycles. The van der Waals surface area contributed by atoms with Gasteiger partial charge in [-0.2, -0.15) is 0 Å². The average molecular weight is 218 g/mol. The van der Waals surface area contributed by atoms with Crippen LogP contribution in [0.15, 0.2) is 30.3 Å². The SMILES string of the molecule is CN(C)c1ccc(-n2nc(O)cc2N)cc1. The van der Waals surface area contributed by atoms with Gasteiger partial charge in [-0.25, -0.2) is 4.68 Å². The van der Waals surface area contributed by atoms with Gasteiger partial charge in [0.05, 0.1) is 5.69 Å². The zero-order valence-electron chi connectivity index (χ0n) is 9.25. The summed E-state index contributed by atoms with van der Waals surface area (Å²) >= 11 is 0. The van der Waals surface area contributed by atoms with Crippen molar-refractivity contribution in [3.05, 3.63) is 30.3 Å². The Bertz CT molecular complexity index is 487. The third-order valence-corrected chi connectivity index (χ3v) is 2.33. The van der Waals surface area contributed by atoms with Gasteiger partial charge in [0.2, 0.25) is 5.88 Å². The van der Waals surface area contributed by atoms with E-state index < -0.39 is 0 Å². The summed E-state index contributed by atoms with van der Waals surface area (Å²) in [5.41, 5.74) is 7.62. The number of benzene rings is 1. The first-order chi connectivity index (χ1) is 7.58. The molecule has 16 heavy (non-hydrogen) atoms. The van der Waals surface area contributed by atoms with Crippen molar-refractivity contribution in [3.63, 3.8) is 0 Å². The van der Waals surface area contributed by atoms with Gasteiger partial charge in [-0.1, -0.05) is 0 Å². The van der Waals surface area contributed by atoms with Crippen LogP contribution < -0.4 is 10.6 Å². The van der Waals surface area contributed by atoms with Crippen LogP contribution >= 0.6 is 0 Å². The van der Waals surface area contributed by atoms with Crippen molar-refractivity contribution in [2.75, 3.05) is 24.7 Å². The van der Waals surface area contributed by atoms with Crippen molar-refractivity contribution in [1.29, 1.82) is 0 Å². The van der Waals surface area contributed by atoms with Crippen LogP contribution in [0, 0.1) is 0 Å². The second-order valence-electron chi connectivity index (χ2n) is 3.75. The number of rotatable bonds is 2. The van der Waals surface area contributed by atoms with E-state index in [2.05, 4.69) is 5.10 Å². The van der Waals surface area contributed by atoms with E-state index in [0.717, 1.165) is 11.4 Å². The Labute approximate surface area is 93.7 Å². The fraction of sp³-hybridized carbons (Fsp3) is 0.182. The normalized spacial score (nSPS) is 10.4. The lowest BCUT2D eigenvalue weighted by atomic mass is 10.2. The van der Waals surface area contributed by atoms with Gasteiger partial charge in [0.25, 0.3) is 0 Å². The van der Waals surface area contributed by atoms with Crippen LogP contribution in [-0.2, 0) is 0 Å². The molecule has 0 saturated carbocycles. The van der Waals surface area contributed by atoms with Crippen LogP contribution in [0.4, 0.5) is 11.5 Å². The molecule has 3 N–H and O–H groups in total. The maximum atomic E-state index is 9.22. The summed E-state index contributed by atoms with van der Waals surface area (Å²) in [6.45, 7) is 0. The van der Waals surface area contributed by atoms with E-state index >= 15 is 0 Å². The molecule has 84 valence electrons. The second kappa shape index (κ2) is 3.77. The molecule has 0 aliphatic heterocycles. The number of anilines is 2. The molecule has 0 fully saturated rings. The Hall–Kier alpha value is -2.17. The second-order valence-corrected chi connectivity index (χ2v) is 3.75. The first-order valence-corrected chi connectivity index (χ1v) is 4.90. The van der Waals surface area contributed by atoms with Crippen molar-refractivity contribution >= 4 is 11.5 Å². The number of nitrogen functional groups attached to an aromatic ring is 1. The largest absolute Gasteiger partial charge is 0.492 e. The smallest absolute Gasteiger partial charge is 0.232 e. The lowest BCUT2D eigenvalue weighted by Crippen LogP contribution is -2.08. The van der Waals surface area contributed by atoms with E-state index in [1.54, 1.807) is 0 Å². The van der Waals surface area contributed by atoms with Crippen molar-refractivity contribution in [2.24, 2.45) is 0 Å². The van der Waals surface area contributed by atoms with E-state index in [1.807, 2.05) is 43.3 Å². The minimum absolute atomic E-state index is 0.0748. The predicted molar refractivity (Wildman–Crippen MR) is 64.0 cm³/mol. The highest BCUT2D eigenvalue weighted by molar-refractivity contribution is 5.52. The highest BCUT2D eigenvalue weighted by Crippen LogP contribution is 2.20. The highest BCUT2D eigenvalue weighted by atomic mass is 16.3. The van der Waals surface area contributed by atoms with Crippen molar-refractivity contribution in [1.82, 2.24) is 9.78 Å². The molecule has 0 spiro atoms. The molecule has 0 atom stereocenters. The highest BCUT2D eigenvalue weighted by Gasteiger charge is 2.05. The molecule has 0 unspecified atom stereocenters. The summed E-state index contributed by atoms with van der Waals surface area (Å²) in [5.74, 6) is 0.337. The standard InChI is InChI=1S/C11H14N4O/c1-14(2)8-3-5-9(6-4-8)15-10(12)7-11(16)13-15/h3-7H,12H2,1-2H3,(H,13,16). The first-order valence-electron chi connectivity index (χ1n) is 4.90. The zero-order chi connectivity index (χ0) is 11.7. The molecule has 0 radical (unpaired) electrons. The third-order valence-electron chi connectivity index (χ3n) is 2.33. The van der Waals surface area contributed by atoms with Crippen LogP contribution in [0.3, 0.4) is 0 Å². The van der Waals surface area contributed by atoms with Gasteiger partial charge in [0.1, 0.15) is 5.82 Å². The van der Waals surface area contributed by atoms with Crippen LogP contribution in [0.5, 0.6) is 5.88 Å². The average Bonchev–Trinajstić information content (AvgIpc) is 2.58. The Kier molecular flexibility index (Phi) is 2.44. The van der Waals surface area contributed by atoms with Gasteiger partial charge in [0, 0.05) is 25.8 Å². The van der Waals surface area contributed by atoms with E-state index in [-0.39, 0.29) is 5.88 Å². The molecule has 0 saturated heterocycles. The predicted octanol–water partition coefficient (Wildman–Crippen LogP) is 1.23. The van der Waals surface area contributed by atoms with E-state index in [9.17, 15) is 5.11 Å². The minimum atomic E-state index is -0.0748. The third kappa shape index (κ3) is 1.79. The number of hydrogen-bond acceptors (Lipinski definition) is 4. The quantitative estimate of drug-likeness (QED) is 0.795. The minimum Gasteiger partial charge on any atom is -0.492 e. The summed E-state index contributed by atoms with van der Waals surface area (Å²) in [4.78, 5) is 2.01. The number of nitrogens with zero attached hydrogens (tertiary/aromatic N) is 3. The van der Waals surface area contributed by atoms with Crippen molar-refractivity contribution in [3.8, 4) is 11.6 Å². The molecule has 0 bridgehead atoms. The Morgan fingerprint density at radius 1 is 1.25 bits per heavy atom. The number of aromatic nitrogens is 2. The molecule has 0 amide bonds. The topological polar surface area (TPSA) is 67.3 Å². The van der Waals surface area contributed by atoms with E-state index in [1.165, 1.54) is 10.7 Å². The van der Waals surface area contributed by atoms with Gasteiger partial charge >= 0.3 is 0 Å². The lowest BCUT2D eigenvalue weighted by molar-refractivity contribution is 0.448. The summed E-state index contributed by atoms with van der Waals surface area (Å²) in [7, 11) is 3.95. The van der Waals surface area contributed by atoms with Gasteiger partial charge in [-0.15, -0.1) is 5.10 Å². The summed E-state index contributed by atoms with van der Waals surface area (Å²) in [6.07, 6.45) is 0. The maximum absolute atomic E-state index is 9.22. The van der Waals surface area contributed by atoms with Gasteiger partial charge in [-0.05, 0) is 24.3 Å².